The fraction of sp³-hybridized carbons (Fsp3) is 0.0769. The van der Waals surface area contributed by atoms with E-state index in [-0.39, 0.29) is 5.91 Å². The van der Waals surface area contributed by atoms with Crippen molar-refractivity contribution >= 4 is 38.8 Å². The highest BCUT2D eigenvalue weighted by molar-refractivity contribution is 9.10. The van der Waals surface area contributed by atoms with Gasteiger partial charge in [0.1, 0.15) is 12.0 Å². The maximum Gasteiger partial charge on any atom is 0.273 e. The van der Waals surface area contributed by atoms with Crippen LogP contribution in [0.3, 0.4) is 0 Å². The van der Waals surface area contributed by atoms with Crippen molar-refractivity contribution in [2.75, 3.05) is 5.32 Å². The van der Waals surface area contributed by atoms with Crippen molar-refractivity contribution in [2.45, 2.75) is 6.54 Å². The number of hydrogen-bond acceptors (Lipinski definition) is 4. The minimum absolute atomic E-state index is 0.289. The van der Waals surface area contributed by atoms with E-state index in [9.17, 15) is 4.79 Å². The predicted molar refractivity (Wildman–Crippen MR) is 76.6 cm³/mol. The van der Waals surface area contributed by atoms with E-state index in [0.717, 1.165) is 5.52 Å². The van der Waals surface area contributed by atoms with Crippen LogP contribution in [0.5, 0.6) is 0 Å². The molecular formula is C13H10BrN3O3. The van der Waals surface area contributed by atoms with Crippen LogP contribution in [0.4, 0.5) is 5.82 Å². The van der Waals surface area contributed by atoms with Gasteiger partial charge in [0.05, 0.1) is 5.52 Å². The fourth-order valence-electron chi connectivity index (χ4n) is 1.98. The van der Waals surface area contributed by atoms with Crippen molar-refractivity contribution in [1.82, 2.24) is 9.72 Å². The Morgan fingerprint density at radius 3 is 3.10 bits per heavy atom. The Labute approximate surface area is 122 Å². The maximum absolute atomic E-state index is 12.3. The number of allylic oxidation sites excluding steroid dienone is 1. The molecule has 6 nitrogen and oxygen atoms in total. The Morgan fingerprint density at radius 2 is 2.40 bits per heavy atom. The molecule has 0 spiro atoms. The van der Waals surface area contributed by atoms with Crippen LogP contribution in [0.2, 0.25) is 0 Å². The molecule has 0 aliphatic carbocycles. The first-order valence-electron chi connectivity index (χ1n) is 5.80. The number of nitrogens with zero attached hydrogens (tertiary/aromatic N) is 2. The van der Waals surface area contributed by atoms with Crippen molar-refractivity contribution in [3.05, 3.63) is 47.5 Å². The molecule has 0 saturated carbocycles. The summed E-state index contributed by atoms with van der Waals surface area (Å²) in [6.07, 6.45) is 3.11. The molecule has 3 rings (SSSR count). The summed E-state index contributed by atoms with van der Waals surface area (Å²) >= 11 is 3.27. The lowest BCUT2D eigenvalue weighted by molar-refractivity contribution is 0.101. The van der Waals surface area contributed by atoms with Crippen LogP contribution in [0, 0.1) is 0 Å². The van der Waals surface area contributed by atoms with Gasteiger partial charge in [0.25, 0.3) is 5.91 Å². The van der Waals surface area contributed by atoms with Gasteiger partial charge in [-0.1, -0.05) is 11.2 Å². The lowest BCUT2D eigenvalue weighted by Gasteiger charge is -2.06. The Balaban J connectivity index is 2.01. The topological polar surface area (TPSA) is 73.2 Å². The molecule has 0 bridgehead atoms. The minimum Gasteiger partial charge on any atom is -0.448 e. The number of carbonyl (C=O) groups is 1. The monoisotopic (exact) mass is 335 g/mol. The summed E-state index contributed by atoms with van der Waals surface area (Å²) < 4.78 is 12.6. The van der Waals surface area contributed by atoms with Crippen LogP contribution in [0.15, 0.2) is 50.7 Å². The number of nitrogens with one attached hydrogen (secondary N) is 1. The fourth-order valence-corrected chi connectivity index (χ4v) is 2.37. The minimum atomic E-state index is -0.289. The zero-order valence-corrected chi connectivity index (χ0v) is 11.9. The molecule has 0 saturated heterocycles. The van der Waals surface area contributed by atoms with Gasteiger partial charge in [-0.05, 0) is 15.9 Å². The lowest BCUT2D eigenvalue weighted by Crippen LogP contribution is -2.16. The van der Waals surface area contributed by atoms with Gasteiger partial charge in [-0.15, -0.1) is 6.58 Å². The average Bonchev–Trinajstić information content (AvgIpc) is 3.08. The number of aromatic nitrogens is 2. The molecule has 0 aliphatic rings. The number of fused-ring (bicyclic) bond motifs is 1. The SMILES string of the molecule is C=CCn1c(C(=O)Nc2ccon2)cc2oc(Br)cc21. The molecule has 0 atom stereocenters. The van der Waals surface area contributed by atoms with Gasteiger partial charge in [0, 0.05) is 24.7 Å². The summed E-state index contributed by atoms with van der Waals surface area (Å²) in [4.78, 5) is 12.3. The molecule has 1 amide bonds. The number of anilines is 1. The van der Waals surface area contributed by atoms with E-state index in [1.165, 1.54) is 6.26 Å². The van der Waals surface area contributed by atoms with E-state index in [1.54, 1.807) is 18.2 Å². The molecule has 0 aliphatic heterocycles. The molecule has 0 aromatic carbocycles. The Kier molecular flexibility index (Phi) is 3.19. The first-order valence-corrected chi connectivity index (χ1v) is 6.59. The highest BCUT2D eigenvalue weighted by Gasteiger charge is 2.18. The normalized spacial score (nSPS) is 10.8. The molecule has 0 radical (unpaired) electrons. The van der Waals surface area contributed by atoms with E-state index < -0.39 is 0 Å². The largest absolute Gasteiger partial charge is 0.448 e. The molecule has 102 valence electrons. The lowest BCUT2D eigenvalue weighted by atomic mass is 10.4. The van der Waals surface area contributed by atoms with E-state index >= 15 is 0 Å². The van der Waals surface area contributed by atoms with Gasteiger partial charge in [0.15, 0.2) is 16.1 Å². The van der Waals surface area contributed by atoms with Crippen molar-refractivity contribution in [3.63, 3.8) is 0 Å². The number of rotatable bonds is 4. The summed E-state index contributed by atoms with van der Waals surface area (Å²) in [5, 5.41) is 6.30. The van der Waals surface area contributed by atoms with E-state index in [4.69, 9.17) is 4.42 Å². The summed E-state index contributed by atoms with van der Waals surface area (Å²) in [5.41, 5.74) is 1.92. The van der Waals surface area contributed by atoms with E-state index in [0.29, 0.717) is 28.3 Å². The molecule has 20 heavy (non-hydrogen) atoms. The molecule has 0 fully saturated rings. The van der Waals surface area contributed by atoms with Gasteiger partial charge in [-0.3, -0.25) is 4.79 Å². The highest BCUT2D eigenvalue weighted by atomic mass is 79.9. The number of furan rings is 1. The Hall–Kier alpha value is -2.28. The van der Waals surface area contributed by atoms with Gasteiger partial charge in [-0.25, -0.2) is 0 Å². The number of carbonyl (C=O) groups excluding carboxylic acids is 1. The summed E-state index contributed by atoms with van der Waals surface area (Å²) in [6, 6.07) is 5.06. The third-order valence-electron chi connectivity index (χ3n) is 2.78. The summed E-state index contributed by atoms with van der Waals surface area (Å²) in [7, 11) is 0. The van der Waals surface area contributed by atoms with E-state index in [2.05, 4.69) is 37.5 Å². The number of halogens is 1. The van der Waals surface area contributed by atoms with Gasteiger partial charge in [-0.2, -0.15) is 0 Å². The zero-order valence-electron chi connectivity index (χ0n) is 10.3. The van der Waals surface area contributed by atoms with Crippen molar-refractivity contribution in [2.24, 2.45) is 0 Å². The first-order chi connectivity index (χ1) is 9.69. The summed E-state index contributed by atoms with van der Waals surface area (Å²) in [5.74, 6) is 0.0717. The van der Waals surface area contributed by atoms with Crippen LogP contribution < -0.4 is 5.32 Å². The Bertz CT molecular complexity index is 770. The molecule has 3 aromatic heterocycles. The average molecular weight is 336 g/mol. The second-order valence-electron chi connectivity index (χ2n) is 4.07. The van der Waals surface area contributed by atoms with Crippen LogP contribution in [-0.4, -0.2) is 15.6 Å². The summed E-state index contributed by atoms with van der Waals surface area (Å²) in [6.45, 7) is 4.20. The third kappa shape index (κ3) is 2.16. The second kappa shape index (κ2) is 5.01. The first kappa shape index (κ1) is 12.7. The van der Waals surface area contributed by atoms with Gasteiger partial charge in [0.2, 0.25) is 0 Å². The second-order valence-corrected chi connectivity index (χ2v) is 4.85. The smallest absolute Gasteiger partial charge is 0.273 e. The van der Waals surface area contributed by atoms with Crippen molar-refractivity contribution < 1.29 is 13.7 Å². The van der Waals surface area contributed by atoms with Crippen molar-refractivity contribution in [1.29, 1.82) is 0 Å². The van der Waals surface area contributed by atoms with Crippen LogP contribution in [-0.2, 0) is 6.54 Å². The number of amides is 1. The molecule has 3 heterocycles. The highest BCUT2D eigenvalue weighted by Crippen LogP contribution is 2.27. The predicted octanol–water partition coefficient (Wildman–Crippen LogP) is 3.42. The Morgan fingerprint density at radius 1 is 1.55 bits per heavy atom. The van der Waals surface area contributed by atoms with Gasteiger partial charge >= 0.3 is 0 Å². The quantitative estimate of drug-likeness (QED) is 0.741. The molecule has 1 N–H and O–H groups in total. The van der Waals surface area contributed by atoms with Crippen LogP contribution >= 0.6 is 15.9 Å². The van der Waals surface area contributed by atoms with Crippen LogP contribution in [0.25, 0.3) is 11.1 Å². The number of hydrogen-bond donors (Lipinski definition) is 1. The maximum atomic E-state index is 12.3. The standard InChI is InChI=1S/C13H10BrN3O3/c1-2-4-17-8-7-11(14)20-10(8)6-9(17)13(18)15-12-3-5-19-16-12/h2-3,5-7H,1,4H2,(H,15,16,18). The van der Waals surface area contributed by atoms with Crippen LogP contribution in [0.1, 0.15) is 10.5 Å². The zero-order chi connectivity index (χ0) is 14.1. The van der Waals surface area contributed by atoms with E-state index in [1.807, 2.05) is 10.6 Å². The third-order valence-corrected chi connectivity index (χ3v) is 3.17. The van der Waals surface area contributed by atoms with Gasteiger partial charge < -0.3 is 18.8 Å². The molecule has 7 heteroatoms. The molecule has 0 unspecified atom stereocenters. The molecular weight excluding hydrogens is 326 g/mol. The van der Waals surface area contributed by atoms with Crippen molar-refractivity contribution in [3.8, 4) is 0 Å². The molecule has 3 aromatic rings.